The molecule has 0 unspecified atom stereocenters. The molecule has 1 aromatic carbocycles. The first-order valence-corrected chi connectivity index (χ1v) is 3.27. The monoisotopic (exact) mass is 150 g/mol. The number of ether oxygens (including phenoxy) is 2. The van der Waals surface area contributed by atoms with Crippen LogP contribution in [0.3, 0.4) is 0 Å². The molecule has 11 heavy (non-hydrogen) atoms. The van der Waals surface area contributed by atoms with Gasteiger partial charge in [0, 0.05) is 0 Å². The Morgan fingerprint density at radius 3 is 2.91 bits per heavy atom. The highest BCUT2D eigenvalue weighted by Gasteiger charge is 2.13. The van der Waals surface area contributed by atoms with Crippen LogP contribution in [0.2, 0.25) is 0 Å². The average Bonchev–Trinajstić information content (AvgIpc) is 2.40. The van der Waals surface area contributed by atoms with Crippen molar-refractivity contribution in [2.45, 2.75) is 0 Å². The first-order chi connectivity index (χ1) is 5.38. The van der Waals surface area contributed by atoms with Crippen molar-refractivity contribution in [3.05, 3.63) is 34.5 Å². The SMILES string of the molecule is O=c1ccccc2c1OCO2. The lowest BCUT2D eigenvalue weighted by molar-refractivity contribution is 0.173. The quantitative estimate of drug-likeness (QED) is 0.548. The Morgan fingerprint density at radius 1 is 1.18 bits per heavy atom. The second-order valence-electron chi connectivity index (χ2n) is 2.18. The topological polar surface area (TPSA) is 35.5 Å². The normalized spacial score (nSPS) is 13.1. The Hall–Kier alpha value is -1.51. The fraction of sp³-hybridized carbons (Fsp3) is 0.125. The van der Waals surface area contributed by atoms with Gasteiger partial charge in [0.2, 0.25) is 18.0 Å². The van der Waals surface area contributed by atoms with E-state index < -0.39 is 0 Å². The molecular weight excluding hydrogens is 144 g/mol. The zero-order valence-corrected chi connectivity index (χ0v) is 5.74. The predicted octanol–water partition coefficient (Wildman–Crippen LogP) is 0.776. The van der Waals surface area contributed by atoms with Crippen molar-refractivity contribution >= 4 is 0 Å². The highest BCUT2D eigenvalue weighted by Crippen LogP contribution is 2.25. The molecule has 0 radical (unpaired) electrons. The van der Waals surface area contributed by atoms with Crippen LogP contribution in [0, 0.1) is 0 Å². The van der Waals surface area contributed by atoms with Crippen LogP contribution in [0.15, 0.2) is 29.1 Å². The van der Waals surface area contributed by atoms with Gasteiger partial charge in [-0.3, -0.25) is 4.79 Å². The molecule has 1 aromatic rings. The van der Waals surface area contributed by atoms with Gasteiger partial charge in [0.1, 0.15) is 0 Å². The molecular formula is C8H6O3. The second kappa shape index (κ2) is 2.27. The van der Waals surface area contributed by atoms with E-state index in [0.29, 0.717) is 11.5 Å². The van der Waals surface area contributed by atoms with E-state index in [2.05, 4.69) is 0 Å². The van der Waals surface area contributed by atoms with Gasteiger partial charge in [0.15, 0.2) is 5.75 Å². The van der Waals surface area contributed by atoms with E-state index >= 15 is 0 Å². The molecule has 0 N–H and O–H groups in total. The maximum atomic E-state index is 11.1. The van der Waals surface area contributed by atoms with Crippen LogP contribution in [-0.2, 0) is 0 Å². The molecule has 1 aliphatic heterocycles. The summed E-state index contributed by atoms with van der Waals surface area (Å²) in [6.07, 6.45) is 0. The average molecular weight is 150 g/mol. The van der Waals surface area contributed by atoms with Crippen molar-refractivity contribution in [2.75, 3.05) is 6.79 Å². The molecule has 0 saturated heterocycles. The van der Waals surface area contributed by atoms with Crippen LogP contribution < -0.4 is 14.9 Å². The summed E-state index contributed by atoms with van der Waals surface area (Å²) in [7, 11) is 0. The van der Waals surface area contributed by atoms with Gasteiger partial charge in [-0.25, -0.2) is 0 Å². The van der Waals surface area contributed by atoms with Gasteiger partial charge in [-0.15, -0.1) is 0 Å². The van der Waals surface area contributed by atoms with Crippen molar-refractivity contribution < 1.29 is 9.47 Å². The zero-order valence-electron chi connectivity index (χ0n) is 5.74. The molecule has 1 heterocycles. The van der Waals surface area contributed by atoms with Crippen LogP contribution in [0.1, 0.15) is 0 Å². The lowest BCUT2D eigenvalue weighted by Crippen LogP contribution is -2.00. The molecule has 0 aromatic heterocycles. The van der Waals surface area contributed by atoms with Gasteiger partial charge in [0.05, 0.1) is 0 Å². The Morgan fingerprint density at radius 2 is 2.00 bits per heavy atom. The standard InChI is InChI=1S/C8H6O3/c9-6-3-1-2-4-7-8(6)11-5-10-7/h1-4H,5H2. The third-order valence-corrected chi connectivity index (χ3v) is 1.47. The van der Waals surface area contributed by atoms with Gasteiger partial charge in [-0.05, 0) is 12.1 Å². The molecule has 0 fully saturated rings. The van der Waals surface area contributed by atoms with E-state index in [1.54, 1.807) is 18.2 Å². The van der Waals surface area contributed by atoms with Crippen LogP contribution in [0.25, 0.3) is 0 Å². The molecule has 0 spiro atoms. The van der Waals surface area contributed by atoms with Crippen molar-refractivity contribution in [2.24, 2.45) is 0 Å². The van der Waals surface area contributed by atoms with Gasteiger partial charge >= 0.3 is 0 Å². The molecule has 3 nitrogen and oxygen atoms in total. The summed E-state index contributed by atoms with van der Waals surface area (Å²) in [6.45, 7) is 0.147. The van der Waals surface area contributed by atoms with Crippen LogP contribution in [0.5, 0.6) is 11.5 Å². The van der Waals surface area contributed by atoms with Crippen molar-refractivity contribution in [1.82, 2.24) is 0 Å². The molecule has 3 heteroatoms. The molecule has 0 saturated carbocycles. The third-order valence-electron chi connectivity index (χ3n) is 1.47. The van der Waals surface area contributed by atoms with Gasteiger partial charge in [-0.1, -0.05) is 12.1 Å². The number of rotatable bonds is 0. The van der Waals surface area contributed by atoms with Crippen molar-refractivity contribution in [3.8, 4) is 11.5 Å². The fourth-order valence-corrected chi connectivity index (χ4v) is 0.966. The zero-order chi connectivity index (χ0) is 7.68. The lowest BCUT2D eigenvalue weighted by Gasteiger charge is -1.85. The minimum Gasteiger partial charge on any atom is -0.453 e. The molecule has 0 amide bonds. The number of fused-ring (bicyclic) bond motifs is 1. The van der Waals surface area contributed by atoms with E-state index in [9.17, 15) is 4.79 Å². The van der Waals surface area contributed by atoms with E-state index in [1.807, 2.05) is 0 Å². The van der Waals surface area contributed by atoms with Crippen LogP contribution in [0.4, 0.5) is 0 Å². The summed E-state index contributed by atoms with van der Waals surface area (Å²) in [6, 6.07) is 6.57. The summed E-state index contributed by atoms with van der Waals surface area (Å²) < 4.78 is 9.97. The van der Waals surface area contributed by atoms with Gasteiger partial charge in [0.25, 0.3) is 0 Å². The molecule has 2 rings (SSSR count). The smallest absolute Gasteiger partial charge is 0.231 e. The Labute approximate surface area is 63.2 Å². The molecule has 0 bridgehead atoms. The molecule has 1 aliphatic rings. The summed E-state index contributed by atoms with van der Waals surface area (Å²) in [5.74, 6) is 0.843. The van der Waals surface area contributed by atoms with Crippen molar-refractivity contribution in [3.63, 3.8) is 0 Å². The Balaban J connectivity index is 2.75. The predicted molar refractivity (Wildman–Crippen MR) is 38.8 cm³/mol. The fourth-order valence-electron chi connectivity index (χ4n) is 0.966. The van der Waals surface area contributed by atoms with E-state index in [1.165, 1.54) is 6.07 Å². The summed E-state index contributed by atoms with van der Waals surface area (Å²) in [5.41, 5.74) is -0.137. The maximum Gasteiger partial charge on any atom is 0.231 e. The highest BCUT2D eigenvalue weighted by atomic mass is 16.7. The Bertz CT molecular complexity index is 332. The van der Waals surface area contributed by atoms with Crippen LogP contribution >= 0.6 is 0 Å². The minimum absolute atomic E-state index is 0.137. The van der Waals surface area contributed by atoms with E-state index in [-0.39, 0.29) is 12.2 Å². The lowest BCUT2D eigenvalue weighted by atomic mass is 10.4. The summed E-state index contributed by atoms with van der Waals surface area (Å²) in [5, 5.41) is 0. The molecule has 0 atom stereocenters. The van der Waals surface area contributed by atoms with Crippen molar-refractivity contribution in [1.29, 1.82) is 0 Å². The van der Waals surface area contributed by atoms with Gasteiger partial charge in [-0.2, -0.15) is 0 Å². The van der Waals surface area contributed by atoms with E-state index in [0.717, 1.165) is 0 Å². The third kappa shape index (κ3) is 0.941. The van der Waals surface area contributed by atoms with Crippen LogP contribution in [-0.4, -0.2) is 6.79 Å². The first-order valence-electron chi connectivity index (χ1n) is 3.27. The number of hydrogen-bond donors (Lipinski definition) is 0. The maximum absolute atomic E-state index is 11.1. The summed E-state index contributed by atoms with van der Waals surface area (Å²) >= 11 is 0. The largest absolute Gasteiger partial charge is 0.453 e. The van der Waals surface area contributed by atoms with Gasteiger partial charge < -0.3 is 9.47 Å². The molecule has 0 aliphatic carbocycles. The minimum atomic E-state index is -0.137. The number of hydrogen-bond acceptors (Lipinski definition) is 3. The highest BCUT2D eigenvalue weighted by molar-refractivity contribution is 5.39. The molecule has 56 valence electrons. The Kier molecular flexibility index (Phi) is 1.28. The summed E-state index contributed by atoms with van der Waals surface area (Å²) in [4.78, 5) is 11.1. The second-order valence-corrected chi connectivity index (χ2v) is 2.18. The first kappa shape index (κ1) is 6.22. The van der Waals surface area contributed by atoms with E-state index in [4.69, 9.17) is 9.47 Å².